The first-order valence-electron chi connectivity index (χ1n) is 8.06. The summed E-state index contributed by atoms with van der Waals surface area (Å²) in [4.78, 5) is 13.9. The quantitative estimate of drug-likeness (QED) is 0.841. The van der Waals surface area contributed by atoms with E-state index in [2.05, 4.69) is 15.6 Å². The van der Waals surface area contributed by atoms with Gasteiger partial charge in [-0.3, -0.25) is 4.79 Å². The van der Waals surface area contributed by atoms with Gasteiger partial charge in [-0.15, -0.1) is 5.10 Å². The highest BCUT2D eigenvalue weighted by Gasteiger charge is 2.43. The highest BCUT2D eigenvalue weighted by molar-refractivity contribution is 5.93. The smallest absolute Gasteiger partial charge is 0.337 e. The minimum atomic E-state index is -4.87. The molecule has 6 nitrogen and oxygen atoms in total. The number of rotatable bonds is 3. The fraction of sp³-hybridized carbons (Fsp3) is 0.438. The fourth-order valence-electron chi connectivity index (χ4n) is 2.99. The monoisotopic (exact) mass is 371 g/mol. The molecular formula is C16H17F4N5O. The molecule has 0 spiro atoms. The Labute approximate surface area is 146 Å². The maximum absolute atomic E-state index is 13.6. The number of hydrogen-bond acceptors (Lipinski definition) is 4. The lowest BCUT2D eigenvalue weighted by Crippen LogP contribution is -2.44. The Hall–Kier alpha value is -2.49. The van der Waals surface area contributed by atoms with E-state index in [0.717, 1.165) is 12.1 Å². The van der Waals surface area contributed by atoms with E-state index in [0.29, 0.717) is 30.6 Å². The summed E-state index contributed by atoms with van der Waals surface area (Å²) < 4.78 is 54.6. The molecule has 0 atom stereocenters. The van der Waals surface area contributed by atoms with Crippen molar-refractivity contribution in [3.63, 3.8) is 0 Å². The van der Waals surface area contributed by atoms with Crippen LogP contribution in [0.4, 0.5) is 17.6 Å². The van der Waals surface area contributed by atoms with Crippen molar-refractivity contribution in [1.82, 2.24) is 25.2 Å². The van der Waals surface area contributed by atoms with Crippen LogP contribution in [0.3, 0.4) is 0 Å². The molecule has 26 heavy (non-hydrogen) atoms. The van der Waals surface area contributed by atoms with Gasteiger partial charge in [-0.05, 0) is 38.1 Å². The van der Waals surface area contributed by atoms with E-state index < -0.39 is 29.3 Å². The van der Waals surface area contributed by atoms with Crippen molar-refractivity contribution in [3.8, 4) is 5.69 Å². The molecule has 1 N–H and O–H groups in total. The zero-order valence-corrected chi connectivity index (χ0v) is 13.9. The number of halogens is 4. The Morgan fingerprint density at radius 1 is 1.27 bits per heavy atom. The number of nitrogens with one attached hydrogen (secondary N) is 1. The number of alkyl halides is 3. The van der Waals surface area contributed by atoms with Crippen molar-refractivity contribution in [2.45, 2.75) is 25.1 Å². The minimum Gasteiger partial charge on any atom is -0.337 e. The normalized spacial score (nSPS) is 16.1. The van der Waals surface area contributed by atoms with Gasteiger partial charge in [0.25, 0.3) is 5.91 Å². The van der Waals surface area contributed by atoms with E-state index in [4.69, 9.17) is 0 Å². The molecule has 1 aliphatic rings. The summed E-state index contributed by atoms with van der Waals surface area (Å²) in [6, 6.07) is 4.75. The molecule has 140 valence electrons. The molecule has 1 amide bonds. The van der Waals surface area contributed by atoms with Crippen LogP contribution in [-0.2, 0) is 6.18 Å². The van der Waals surface area contributed by atoms with E-state index in [1.807, 2.05) is 0 Å². The van der Waals surface area contributed by atoms with Crippen LogP contribution in [0.1, 0.15) is 29.0 Å². The summed E-state index contributed by atoms with van der Waals surface area (Å²) in [6.45, 7) is 0.656. The molecule has 1 aliphatic heterocycles. The van der Waals surface area contributed by atoms with Gasteiger partial charge >= 0.3 is 6.18 Å². The second-order valence-corrected chi connectivity index (χ2v) is 6.03. The second kappa shape index (κ2) is 7.02. The topological polar surface area (TPSA) is 63.1 Å². The summed E-state index contributed by atoms with van der Waals surface area (Å²) in [5.41, 5.74) is -2.23. The van der Waals surface area contributed by atoms with Gasteiger partial charge in [0.2, 0.25) is 0 Å². The SMILES string of the molecule is CNC1CCN(C(=O)c2nnn(-c3cccc(F)c3)c2C(F)(F)F)CC1. The molecule has 10 heteroatoms. The van der Waals surface area contributed by atoms with Crippen LogP contribution in [0.5, 0.6) is 0 Å². The number of aromatic nitrogens is 3. The average Bonchev–Trinajstić information content (AvgIpc) is 3.07. The number of piperidine rings is 1. The molecule has 1 aromatic carbocycles. The molecule has 3 rings (SSSR count). The molecule has 1 fully saturated rings. The van der Waals surface area contributed by atoms with Crippen molar-refractivity contribution < 1.29 is 22.4 Å². The van der Waals surface area contributed by atoms with Crippen molar-refractivity contribution in [2.75, 3.05) is 20.1 Å². The molecule has 0 radical (unpaired) electrons. The minimum absolute atomic E-state index is 0.155. The maximum atomic E-state index is 13.6. The maximum Gasteiger partial charge on any atom is 0.435 e. The molecule has 0 saturated carbocycles. The molecule has 1 aromatic heterocycles. The molecular weight excluding hydrogens is 354 g/mol. The number of nitrogens with zero attached hydrogens (tertiary/aromatic N) is 4. The van der Waals surface area contributed by atoms with E-state index in [-0.39, 0.29) is 11.7 Å². The van der Waals surface area contributed by atoms with Crippen molar-refractivity contribution in [2.24, 2.45) is 0 Å². The van der Waals surface area contributed by atoms with Crippen LogP contribution in [0.2, 0.25) is 0 Å². The van der Waals surface area contributed by atoms with Gasteiger partial charge in [0.15, 0.2) is 11.4 Å². The third-order valence-corrected chi connectivity index (χ3v) is 4.38. The number of carbonyl (C=O) groups excluding carboxylic acids is 1. The molecule has 2 aromatic rings. The molecule has 0 aliphatic carbocycles. The van der Waals surface area contributed by atoms with E-state index in [1.165, 1.54) is 17.0 Å². The first kappa shape index (κ1) is 18.3. The second-order valence-electron chi connectivity index (χ2n) is 6.03. The summed E-state index contributed by atoms with van der Waals surface area (Å²) in [5, 5.41) is 10.0. The first-order chi connectivity index (χ1) is 12.3. The Morgan fingerprint density at radius 2 is 1.96 bits per heavy atom. The van der Waals surface area contributed by atoms with Crippen LogP contribution in [-0.4, -0.2) is 52.0 Å². The number of benzene rings is 1. The largest absolute Gasteiger partial charge is 0.435 e. The highest BCUT2D eigenvalue weighted by Crippen LogP contribution is 2.33. The van der Waals surface area contributed by atoms with E-state index in [9.17, 15) is 22.4 Å². The number of likely N-dealkylation sites (tertiary alicyclic amines) is 1. The number of carbonyl (C=O) groups is 1. The number of hydrogen-bond donors (Lipinski definition) is 1. The standard InChI is InChI=1S/C16H17F4N5O/c1-21-11-5-7-24(8-6-11)15(26)13-14(16(18,19)20)25(23-22-13)12-4-2-3-10(17)9-12/h2-4,9,11,21H,5-8H2,1H3. The first-order valence-corrected chi connectivity index (χ1v) is 8.06. The van der Waals surface area contributed by atoms with Gasteiger partial charge < -0.3 is 10.2 Å². The van der Waals surface area contributed by atoms with Crippen LogP contribution >= 0.6 is 0 Å². The van der Waals surface area contributed by atoms with Crippen LogP contribution in [0.25, 0.3) is 5.69 Å². The van der Waals surface area contributed by atoms with Gasteiger partial charge in [-0.1, -0.05) is 11.3 Å². The van der Waals surface area contributed by atoms with Gasteiger partial charge in [-0.2, -0.15) is 13.2 Å². The highest BCUT2D eigenvalue weighted by atomic mass is 19.4. The summed E-state index contributed by atoms with van der Waals surface area (Å²) in [7, 11) is 1.80. The van der Waals surface area contributed by atoms with Crippen molar-refractivity contribution >= 4 is 5.91 Å². The molecule has 2 heterocycles. The van der Waals surface area contributed by atoms with Crippen LogP contribution < -0.4 is 5.32 Å². The lowest BCUT2D eigenvalue weighted by Gasteiger charge is -2.31. The van der Waals surface area contributed by atoms with Crippen LogP contribution in [0.15, 0.2) is 24.3 Å². The van der Waals surface area contributed by atoms with Gasteiger partial charge in [0.05, 0.1) is 5.69 Å². The fourth-order valence-corrected chi connectivity index (χ4v) is 2.99. The zero-order chi connectivity index (χ0) is 18.9. The average molecular weight is 371 g/mol. The molecule has 1 saturated heterocycles. The summed E-state index contributed by atoms with van der Waals surface area (Å²) in [5.74, 6) is -1.54. The van der Waals surface area contributed by atoms with E-state index in [1.54, 1.807) is 7.05 Å². The van der Waals surface area contributed by atoms with Gasteiger partial charge in [-0.25, -0.2) is 9.07 Å². The summed E-state index contributed by atoms with van der Waals surface area (Å²) >= 11 is 0. The van der Waals surface area contributed by atoms with Crippen molar-refractivity contribution in [3.05, 3.63) is 41.5 Å². The Balaban J connectivity index is 1.97. The lowest BCUT2D eigenvalue weighted by molar-refractivity contribution is -0.143. The van der Waals surface area contributed by atoms with E-state index >= 15 is 0 Å². The predicted octanol–water partition coefficient (Wildman–Crippen LogP) is 2.25. The van der Waals surface area contributed by atoms with Gasteiger partial charge in [0.1, 0.15) is 5.82 Å². The molecule has 0 bridgehead atoms. The van der Waals surface area contributed by atoms with Gasteiger partial charge in [0, 0.05) is 19.1 Å². The predicted molar refractivity (Wildman–Crippen MR) is 84.3 cm³/mol. The number of amides is 1. The lowest BCUT2D eigenvalue weighted by atomic mass is 10.0. The zero-order valence-electron chi connectivity index (χ0n) is 13.9. The summed E-state index contributed by atoms with van der Waals surface area (Å²) in [6.07, 6.45) is -3.59. The third kappa shape index (κ3) is 3.55. The van der Waals surface area contributed by atoms with Crippen molar-refractivity contribution in [1.29, 1.82) is 0 Å². The van der Waals surface area contributed by atoms with Crippen LogP contribution in [0, 0.1) is 5.82 Å². The Kier molecular flexibility index (Phi) is 4.94. The Bertz CT molecular complexity index is 796. The third-order valence-electron chi connectivity index (χ3n) is 4.38. The Morgan fingerprint density at radius 3 is 2.54 bits per heavy atom. The molecule has 0 unspecified atom stereocenters.